The molecule has 0 saturated carbocycles. The molecule has 0 fully saturated rings. The third kappa shape index (κ3) is 3.15. The molecule has 8 heteroatoms. The standard InChI is InChI=1S/C18H13ClFN3O2S/c19-15-6-5-14(26-15)18(25)23-8-7-12-13(9-23)21-16(22-17(12)24)10-1-3-11(20)4-2-10/h1-6H,7-9H2,(H,21,22,24). The number of rotatable bonds is 2. The highest BCUT2D eigenvalue weighted by Gasteiger charge is 2.26. The highest BCUT2D eigenvalue weighted by atomic mass is 35.5. The first-order valence-corrected chi connectivity index (χ1v) is 9.13. The van der Waals surface area contributed by atoms with Crippen LogP contribution in [0.2, 0.25) is 4.34 Å². The minimum atomic E-state index is -0.361. The number of nitrogens with zero attached hydrogens (tertiary/aromatic N) is 2. The Kier molecular flexibility index (Phi) is 4.34. The van der Waals surface area contributed by atoms with Crippen molar-refractivity contribution in [1.82, 2.24) is 14.9 Å². The largest absolute Gasteiger partial charge is 0.332 e. The zero-order chi connectivity index (χ0) is 18.3. The summed E-state index contributed by atoms with van der Waals surface area (Å²) in [5, 5.41) is 0. The minimum absolute atomic E-state index is 0.127. The maximum absolute atomic E-state index is 13.1. The molecule has 0 saturated heterocycles. The Morgan fingerprint density at radius 2 is 2.00 bits per heavy atom. The molecule has 132 valence electrons. The molecule has 1 aliphatic rings. The number of carbonyl (C=O) groups is 1. The van der Waals surface area contributed by atoms with Crippen LogP contribution in [-0.4, -0.2) is 27.3 Å². The fourth-order valence-electron chi connectivity index (χ4n) is 2.94. The van der Waals surface area contributed by atoms with Crippen LogP contribution in [0, 0.1) is 5.82 Å². The number of halogens is 2. The van der Waals surface area contributed by atoms with Gasteiger partial charge < -0.3 is 9.88 Å². The first kappa shape index (κ1) is 16.9. The molecule has 4 rings (SSSR count). The number of aromatic amines is 1. The smallest absolute Gasteiger partial charge is 0.264 e. The SMILES string of the molecule is O=C(c1ccc(Cl)s1)N1CCc2c(nc(-c3ccc(F)cc3)[nH]c2=O)C1. The number of aromatic nitrogens is 2. The van der Waals surface area contributed by atoms with E-state index in [1.807, 2.05) is 0 Å². The molecular formula is C18H13ClFN3O2S. The van der Waals surface area contributed by atoms with Crippen molar-refractivity contribution in [3.63, 3.8) is 0 Å². The van der Waals surface area contributed by atoms with Crippen LogP contribution in [0.15, 0.2) is 41.2 Å². The molecular weight excluding hydrogens is 377 g/mol. The van der Waals surface area contributed by atoms with Gasteiger partial charge in [-0.25, -0.2) is 9.37 Å². The number of nitrogens with one attached hydrogen (secondary N) is 1. The number of hydrogen-bond acceptors (Lipinski definition) is 4. The van der Waals surface area contributed by atoms with Gasteiger partial charge in [0, 0.05) is 17.7 Å². The zero-order valence-corrected chi connectivity index (χ0v) is 15.0. The second-order valence-electron chi connectivity index (χ2n) is 5.93. The van der Waals surface area contributed by atoms with E-state index < -0.39 is 0 Å². The van der Waals surface area contributed by atoms with Crippen LogP contribution >= 0.6 is 22.9 Å². The summed E-state index contributed by atoms with van der Waals surface area (Å²) in [6.07, 6.45) is 0.437. The number of hydrogen-bond donors (Lipinski definition) is 1. The summed E-state index contributed by atoms with van der Waals surface area (Å²) in [7, 11) is 0. The summed E-state index contributed by atoms with van der Waals surface area (Å²) in [5.74, 6) is -0.124. The van der Waals surface area contributed by atoms with Crippen molar-refractivity contribution >= 4 is 28.8 Å². The normalized spacial score (nSPS) is 13.5. The van der Waals surface area contributed by atoms with E-state index in [0.29, 0.717) is 44.8 Å². The molecule has 3 heterocycles. The number of thiophene rings is 1. The molecule has 5 nitrogen and oxygen atoms in total. The number of carbonyl (C=O) groups excluding carboxylic acids is 1. The molecule has 0 atom stereocenters. The van der Waals surface area contributed by atoms with Crippen LogP contribution < -0.4 is 5.56 Å². The molecule has 0 spiro atoms. The van der Waals surface area contributed by atoms with E-state index >= 15 is 0 Å². The summed E-state index contributed by atoms with van der Waals surface area (Å²) in [6.45, 7) is 0.698. The highest BCUT2D eigenvalue weighted by Crippen LogP contribution is 2.25. The van der Waals surface area contributed by atoms with E-state index in [1.54, 1.807) is 29.2 Å². The Balaban J connectivity index is 1.66. The van der Waals surface area contributed by atoms with Gasteiger partial charge in [-0.3, -0.25) is 9.59 Å². The lowest BCUT2D eigenvalue weighted by Crippen LogP contribution is -2.38. The van der Waals surface area contributed by atoms with Crippen LogP contribution in [0.1, 0.15) is 20.9 Å². The molecule has 2 aromatic heterocycles. The van der Waals surface area contributed by atoms with Crippen molar-refractivity contribution in [1.29, 1.82) is 0 Å². The molecule has 3 aromatic rings. The molecule has 0 aliphatic carbocycles. The van der Waals surface area contributed by atoms with Gasteiger partial charge in [-0.05, 0) is 42.8 Å². The Hall–Kier alpha value is -2.51. The van der Waals surface area contributed by atoms with Crippen LogP contribution in [0.5, 0.6) is 0 Å². The van der Waals surface area contributed by atoms with Crippen LogP contribution in [0.4, 0.5) is 4.39 Å². The maximum atomic E-state index is 13.1. The topological polar surface area (TPSA) is 66.1 Å². The summed E-state index contributed by atoms with van der Waals surface area (Å²) in [5.41, 5.74) is 1.54. The second kappa shape index (κ2) is 6.66. The number of H-pyrrole nitrogens is 1. The van der Waals surface area contributed by atoms with Crippen molar-refractivity contribution in [2.75, 3.05) is 6.54 Å². The third-order valence-electron chi connectivity index (χ3n) is 4.26. The summed E-state index contributed by atoms with van der Waals surface area (Å²) in [4.78, 5) is 34.5. The van der Waals surface area contributed by atoms with Crippen LogP contribution in [-0.2, 0) is 13.0 Å². The van der Waals surface area contributed by atoms with Gasteiger partial charge >= 0.3 is 0 Å². The average Bonchev–Trinajstić information content (AvgIpc) is 3.07. The summed E-state index contributed by atoms with van der Waals surface area (Å²) >= 11 is 7.13. The highest BCUT2D eigenvalue weighted by molar-refractivity contribution is 7.17. The average molecular weight is 390 g/mol. The first-order chi connectivity index (χ1) is 12.5. The fraction of sp³-hybridized carbons (Fsp3) is 0.167. The van der Waals surface area contributed by atoms with E-state index in [-0.39, 0.29) is 23.8 Å². The molecule has 0 unspecified atom stereocenters. The Labute approximate surface area is 157 Å². The Morgan fingerprint density at radius 1 is 1.23 bits per heavy atom. The van der Waals surface area contributed by atoms with E-state index in [1.165, 1.54) is 23.5 Å². The van der Waals surface area contributed by atoms with Gasteiger partial charge in [0.05, 0.1) is 21.5 Å². The zero-order valence-electron chi connectivity index (χ0n) is 13.5. The summed E-state index contributed by atoms with van der Waals surface area (Å²) < 4.78 is 13.7. The fourth-order valence-corrected chi connectivity index (χ4v) is 3.95. The van der Waals surface area contributed by atoms with Crippen molar-refractivity contribution in [2.24, 2.45) is 0 Å². The van der Waals surface area contributed by atoms with Gasteiger partial charge in [0.1, 0.15) is 11.6 Å². The van der Waals surface area contributed by atoms with Crippen molar-refractivity contribution in [3.05, 3.63) is 73.0 Å². The lowest BCUT2D eigenvalue weighted by molar-refractivity contribution is 0.0736. The molecule has 1 aliphatic heterocycles. The van der Waals surface area contributed by atoms with Gasteiger partial charge in [0.15, 0.2) is 0 Å². The van der Waals surface area contributed by atoms with E-state index in [9.17, 15) is 14.0 Å². The summed E-state index contributed by atoms with van der Waals surface area (Å²) in [6, 6.07) is 9.11. The van der Waals surface area contributed by atoms with Gasteiger partial charge in [-0.15, -0.1) is 11.3 Å². The monoisotopic (exact) mass is 389 g/mol. The van der Waals surface area contributed by atoms with Gasteiger partial charge in [-0.2, -0.15) is 0 Å². The molecule has 1 amide bonds. The molecule has 1 aromatic carbocycles. The predicted molar refractivity (Wildman–Crippen MR) is 98.0 cm³/mol. The van der Waals surface area contributed by atoms with Crippen molar-refractivity contribution < 1.29 is 9.18 Å². The van der Waals surface area contributed by atoms with Crippen molar-refractivity contribution in [2.45, 2.75) is 13.0 Å². The lowest BCUT2D eigenvalue weighted by atomic mass is 10.1. The lowest BCUT2D eigenvalue weighted by Gasteiger charge is -2.27. The first-order valence-electron chi connectivity index (χ1n) is 7.94. The van der Waals surface area contributed by atoms with Gasteiger partial charge in [0.25, 0.3) is 11.5 Å². The molecule has 0 bridgehead atoms. The number of benzene rings is 1. The van der Waals surface area contributed by atoms with E-state index in [4.69, 9.17) is 11.6 Å². The Morgan fingerprint density at radius 3 is 2.69 bits per heavy atom. The quantitative estimate of drug-likeness (QED) is 0.729. The van der Waals surface area contributed by atoms with E-state index in [2.05, 4.69) is 9.97 Å². The molecule has 0 radical (unpaired) electrons. The van der Waals surface area contributed by atoms with Crippen LogP contribution in [0.3, 0.4) is 0 Å². The number of fused-ring (bicyclic) bond motifs is 1. The van der Waals surface area contributed by atoms with Crippen LogP contribution in [0.25, 0.3) is 11.4 Å². The minimum Gasteiger partial charge on any atom is -0.332 e. The molecule has 1 N–H and O–H groups in total. The maximum Gasteiger partial charge on any atom is 0.264 e. The Bertz CT molecular complexity index is 1050. The van der Waals surface area contributed by atoms with E-state index in [0.717, 1.165) is 0 Å². The third-order valence-corrected chi connectivity index (χ3v) is 5.48. The van der Waals surface area contributed by atoms with Gasteiger partial charge in [0.2, 0.25) is 0 Å². The molecule has 26 heavy (non-hydrogen) atoms. The second-order valence-corrected chi connectivity index (χ2v) is 7.64. The van der Waals surface area contributed by atoms with Gasteiger partial charge in [-0.1, -0.05) is 11.6 Å². The number of amides is 1. The van der Waals surface area contributed by atoms with Crippen molar-refractivity contribution in [3.8, 4) is 11.4 Å². The predicted octanol–water partition coefficient (Wildman–Crippen LogP) is 3.49.